The molecule has 22 heavy (non-hydrogen) atoms. The molecular formula is C17H22N4O. The molecule has 1 aliphatic carbocycles. The molecule has 0 N–H and O–H groups in total. The molecule has 2 aromatic heterocycles. The van der Waals surface area contributed by atoms with Gasteiger partial charge in [0, 0.05) is 24.5 Å². The first-order valence-corrected chi connectivity index (χ1v) is 8.34. The molecule has 5 nitrogen and oxygen atoms in total. The van der Waals surface area contributed by atoms with Crippen molar-refractivity contribution in [2.75, 3.05) is 13.1 Å². The molecule has 0 amide bonds. The van der Waals surface area contributed by atoms with Crippen LogP contribution in [0.25, 0.3) is 11.4 Å². The van der Waals surface area contributed by atoms with E-state index in [9.17, 15) is 0 Å². The van der Waals surface area contributed by atoms with Crippen LogP contribution >= 0.6 is 0 Å². The predicted molar refractivity (Wildman–Crippen MR) is 82.9 cm³/mol. The third-order valence-electron chi connectivity index (χ3n) is 5.12. The van der Waals surface area contributed by atoms with Gasteiger partial charge in [0.15, 0.2) is 0 Å². The van der Waals surface area contributed by atoms with Gasteiger partial charge >= 0.3 is 0 Å². The van der Waals surface area contributed by atoms with Crippen molar-refractivity contribution in [3.8, 4) is 11.4 Å². The van der Waals surface area contributed by atoms with Crippen molar-refractivity contribution >= 4 is 0 Å². The maximum absolute atomic E-state index is 5.43. The topological polar surface area (TPSA) is 55.1 Å². The number of rotatable bonds is 3. The van der Waals surface area contributed by atoms with Crippen molar-refractivity contribution in [1.82, 2.24) is 20.0 Å². The summed E-state index contributed by atoms with van der Waals surface area (Å²) >= 11 is 0. The van der Waals surface area contributed by atoms with Crippen LogP contribution in [-0.2, 0) is 6.54 Å². The van der Waals surface area contributed by atoms with Gasteiger partial charge in [-0.25, -0.2) is 0 Å². The Bertz CT molecular complexity index is 612. The first-order valence-electron chi connectivity index (χ1n) is 8.34. The second-order valence-corrected chi connectivity index (χ2v) is 6.58. The van der Waals surface area contributed by atoms with Crippen molar-refractivity contribution in [3.63, 3.8) is 0 Å². The molecule has 116 valence electrons. The van der Waals surface area contributed by atoms with Crippen molar-refractivity contribution in [1.29, 1.82) is 0 Å². The molecule has 1 saturated heterocycles. The summed E-state index contributed by atoms with van der Waals surface area (Å²) in [5.41, 5.74) is 0.906. The van der Waals surface area contributed by atoms with E-state index in [-0.39, 0.29) is 0 Å². The van der Waals surface area contributed by atoms with Crippen LogP contribution in [0.3, 0.4) is 0 Å². The second kappa shape index (κ2) is 6.16. The van der Waals surface area contributed by atoms with E-state index in [1.807, 2.05) is 12.1 Å². The molecule has 0 bridgehead atoms. The van der Waals surface area contributed by atoms with Gasteiger partial charge in [0.1, 0.15) is 0 Å². The predicted octanol–water partition coefficient (Wildman–Crippen LogP) is 3.14. The Kier molecular flexibility index (Phi) is 3.89. The maximum atomic E-state index is 5.43. The number of fused-ring (bicyclic) bond motifs is 1. The zero-order valence-corrected chi connectivity index (χ0v) is 12.8. The molecule has 0 spiro atoms. The highest BCUT2D eigenvalue weighted by atomic mass is 16.5. The lowest BCUT2D eigenvalue weighted by molar-refractivity contribution is 0.0747. The number of hydrogen-bond donors (Lipinski definition) is 0. The smallest absolute Gasteiger partial charge is 0.241 e. The van der Waals surface area contributed by atoms with Crippen LogP contribution in [0, 0.1) is 11.8 Å². The van der Waals surface area contributed by atoms with E-state index in [2.05, 4.69) is 20.0 Å². The summed E-state index contributed by atoms with van der Waals surface area (Å²) in [5, 5.41) is 4.08. The quantitative estimate of drug-likeness (QED) is 0.871. The molecule has 4 rings (SSSR count). The summed E-state index contributed by atoms with van der Waals surface area (Å²) in [7, 11) is 0. The van der Waals surface area contributed by atoms with Crippen molar-refractivity contribution < 1.29 is 4.52 Å². The summed E-state index contributed by atoms with van der Waals surface area (Å²) in [4.78, 5) is 11.1. The van der Waals surface area contributed by atoms with Crippen molar-refractivity contribution in [2.45, 2.75) is 38.6 Å². The SMILES string of the molecule is c1cncc(-c2noc(CN3CC[C@@H]4CCCC[C@H]4C3)n2)c1. The monoisotopic (exact) mass is 298 g/mol. The Morgan fingerprint density at radius 1 is 1.18 bits per heavy atom. The van der Waals surface area contributed by atoms with Crippen LogP contribution in [0.1, 0.15) is 38.0 Å². The molecule has 1 aliphatic heterocycles. The van der Waals surface area contributed by atoms with E-state index in [0.717, 1.165) is 30.5 Å². The third kappa shape index (κ3) is 2.90. The van der Waals surface area contributed by atoms with E-state index in [1.54, 1.807) is 12.4 Å². The average molecular weight is 298 g/mol. The highest BCUT2D eigenvalue weighted by molar-refractivity contribution is 5.51. The molecule has 2 fully saturated rings. The summed E-state index contributed by atoms with van der Waals surface area (Å²) in [6.07, 6.45) is 10.5. The molecule has 2 aromatic rings. The standard InChI is InChI=1S/C17H22N4O/c1-2-5-15-11-21(9-7-13(15)4-1)12-16-19-17(20-22-16)14-6-3-8-18-10-14/h3,6,8,10,13,15H,1-2,4-5,7,9,11-12H2/t13-,15-/m0/s1. The second-order valence-electron chi connectivity index (χ2n) is 6.58. The number of nitrogens with zero attached hydrogens (tertiary/aromatic N) is 4. The third-order valence-corrected chi connectivity index (χ3v) is 5.12. The van der Waals surface area contributed by atoms with E-state index < -0.39 is 0 Å². The number of piperidine rings is 1. The van der Waals surface area contributed by atoms with Crippen LogP contribution in [-0.4, -0.2) is 33.1 Å². The summed E-state index contributed by atoms with van der Waals surface area (Å²) in [5.74, 6) is 3.19. The van der Waals surface area contributed by atoms with E-state index in [4.69, 9.17) is 4.52 Å². The van der Waals surface area contributed by atoms with Crippen molar-refractivity contribution in [2.24, 2.45) is 11.8 Å². The molecule has 2 atom stereocenters. The molecule has 5 heteroatoms. The van der Waals surface area contributed by atoms with Gasteiger partial charge in [-0.2, -0.15) is 4.98 Å². The Morgan fingerprint density at radius 3 is 2.95 bits per heavy atom. The van der Waals surface area contributed by atoms with Crippen LogP contribution < -0.4 is 0 Å². The minimum Gasteiger partial charge on any atom is -0.338 e. The molecule has 0 unspecified atom stereocenters. The number of pyridine rings is 1. The Morgan fingerprint density at radius 2 is 2.09 bits per heavy atom. The average Bonchev–Trinajstić information content (AvgIpc) is 3.04. The normalized spacial score (nSPS) is 25.8. The lowest BCUT2D eigenvalue weighted by atomic mass is 9.75. The lowest BCUT2D eigenvalue weighted by Crippen LogP contribution is -2.41. The zero-order chi connectivity index (χ0) is 14.8. The largest absolute Gasteiger partial charge is 0.338 e. The Balaban J connectivity index is 1.40. The van der Waals surface area contributed by atoms with Gasteiger partial charge in [-0.15, -0.1) is 0 Å². The molecule has 0 aromatic carbocycles. The van der Waals surface area contributed by atoms with Gasteiger partial charge in [0.25, 0.3) is 0 Å². The van der Waals surface area contributed by atoms with Gasteiger partial charge in [-0.1, -0.05) is 24.4 Å². The van der Waals surface area contributed by atoms with E-state index in [0.29, 0.717) is 11.7 Å². The van der Waals surface area contributed by atoms with Crippen molar-refractivity contribution in [3.05, 3.63) is 30.4 Å². The molecule has 3 heterocycles. The first-order chi connectivity index (χ1) is 10.9. The molecule has 1 saturated carbocycles. The van der Waals surface area contributed by atoms with Gasteiger partial charge in [0.05, 0.1) is 6.54 Å². The maximum Gasteiger partial charge on any atom is 0.241 e. The minimum atomic E-state index is 0.635. The molecule has 0 radical (unpaired) electrons. The highest BCUT2D eigenvalue weighted by Gasteiger charge is 2.31. The summed E-state index contributed by atoms with van der Waals surface area (Å²) in [6, 6.07) is 3.84. The number of hydrogen-bond acceptors (Lipinski definition) is 5. The van der Waals surface area contributed by atoms with Gasteiger partial charge < -0.3 is 4.52 Å². The summed E-state index contributed by atoms with van der Waals surface area (Å²) < 4.78 is 5.43. The fourth-order valence-electron chi connectivity index (χ4n) is 3.94. The van der Waals surface area contributed by atoms with E-state index >= 15 is 0 Å². The van der Waals surface area contributed by atoms with Crippen LogP contribution in [0.15, 0.2) is 29.0 Å². The van der Waals surface area contributed by atoms with Crippen LogP contribution in [0.5, 0.6) is 0 Å². The number of aromatic nitrogens is 3. The Labute approximate surface area is 130 Å². The number of likely N-dealkylation sites (tertiary alicyclic amines) is 1. The van der Waals surface area contributed by atoms with Gasteiger partial charge in [-0.3, -0.25) is 9.88 Å². The molecular weight excluding hydrogens is 276 g/mol. The first kappa shape index (κ1) is 13.9. The summed E-state index contributed by atoms with van der Waals surface area (Å²) in [6.45, 7) is 3.12. The fraction of sp³-hybridized carbons (Fsp3) is 0.588. The van der Waals surface area contributed by atoms with Crippen LogP contribution in [0.4, 0.5) is 0 Å². The zero-order valence-electron chi connectivity index (χ0n) is 12.8. The highest BCUT2D eigenvalue weighted by Crippen LogP contribution is 2.36. The Hall–Kier alpha value is -1.75. The van der Waals surface area contributed by atoms with Gasteiger partial charge in [0.2, 0.25) is 11.7 Å². The fourth-order valence-corrected chi connectivity index (χ4v) is 3.94. The minimum absolute atomic E-state index is 0.635. The van der Waals surface area contributed by atoms with Gasteiger partial charge in [-0.05, 0) is 43.4 Å². The van der Waals surface area contributed by atoms with Crippen LogP contribution in [0.2, 0.25) is 0 Å². The van der Waals surface area contributed by atoms with E-state index in [1.165, 1.54) is 38.6 Å². The molecule has 2 aliphatic rings. The lowest BCUT2D eigenvalue weighted by Gasteiger charge is -2.40.